The van der Waals surface area contributed by atoms with Gasteiger partial charge in [-0.1, -0.05) is 12.1 Å². The summed E-state index contributed by atoms with van der Waals surface area (Å²) in [5, 5.41) is 5.10. The van der Waals surface area contributed by atoms with Gasteiger partial charge < -0.3 is 15.4 Å². The Morgan fingerprint density at radius 3 is 2.76 bits per heavy atom. The average Bonchev–Trinajstić information content (AvgIpc) is 3.01. The number of hydrogen-bond acceptors (Lipinski definition) is 3. The predicted octanol–water partition coefficient (Wildman–Crippen LogP) is 2.76. The fourth-order valence-corrected chi connectivity index (χ4v) is 2.52. The summed E-state index contributed by atoms with van der Waals surface area (Å²) < 4.78 is 32.5. The Kier molecular flexibility index (Phi) is 4.92. The van der Waals surface area contributed by atoms with Crippen LogP contribution in [0.2, 0.25) is 0 Å². The van der Waals surface area contributed by atoms with Gasteiger partial charge in [0.25, 0.3) is 0 Å². The van der Waals surface area contributed by atoms with Crippen molar-refractivity contribution in [2.45, 2.75) is 25.5 Å². The molecule has 25 heavy (non-hydrogen) atoms. The van der Waals surface area contributed by atoms with Gasteiger partial charge in [-0.2, -0.15) is 0 Å². The first-order chi connectivity index (χ1) is 12.0. The molecule has 0 unspecified atom stereocenters. The summed E-state index contributed by atoms with van der Waals surface area (Å²) in [6.45, 7) is 0.0223. The Bertz CT molecular complexity index is 811. The third-order valence-electron chi connectivity index (χ3n) is 3.79. The van der Waals surface area contributed by atoms with Gasteiger partial charge in [0.1, 0.15) is 18.5 Å². The van der Waals surface area contributed by atoms with Gasteiger partial charge in [0, 0.05) is 18.2 Å². The van der Waals surface area contributed by atoms with Gasteiger partial charge in [-0.15, -0.1) is 0 Å². The highest BCUT2D eigenvalue weighted by atomic mass is 19.1. The highest BCUT2D eigenvalue weighted by Crippen LogP contribution is 2.23. The fraction of sp³-hybridized carbons (Fsp3) is 0.222. The third kappa shape index (κ3) is 4.32. The van der Waals surface area contributed by atoms with E-state index in [2.05, 4.69) is 10.6 Å². The lowest BCUT2D eigenvalue weighted by atomic mass is 10.2. The number of halogens is 2. The summed E-state index contributed by atoms with van der Waals surface area (Å²) in [6.07, 6.45) is 0.723. The molecular weight excluding hydrogens is 330 g/mol. The summed E-state index contributed by atoms with van der Waals surface area (Å²) in [6, 6.07) is 9.26. The molecule has 1 heterocycles. The second kappa shape index (κ2) is 7.29. The molecule has 2 aromatic carbocycles. The zero-order valence-corrected chi connectivity index (χ0v) is 13.2. The quantitative estimate of drug-likeness (QED) is 0.875. The number of nitrogens with one attached hydrogen (secondary N) is 2. The first-order valence-electron chi connectivity index (χ1n) is 7.78. The predicted molar refractivity (Wildman–Crippen MR) is 86.9 cm³/mol. The topological polar surface area (TPSA) is 67.4 Å². The van der Waals surface area contributed by atoms with Gasteiger partial charge in [0.05, 0.1) is 0 Å². The van der Waals surface area contributed by atoms with Crippen LogP contribution >= 0.6 is 0 Å². The molecule has 0 radical (unpaired) electrons. The fourth-order valence-electron chi connectivity index (χ4n) is 2.52. The van der Waals surface area contributed by atoms with Crippen molar-refractivity contribution in [3.63, 3.8) is 0 Å². The first-order valence-corrected chi connectivity index (χ1v) is 7.78. The van der Waals surface area contributed by atoms with E-state index in [1.165, 1.54) is 24.3 Å². The first kappa shape index (κ1) is 16.9. The van der Waals surface area contributed by atoms with Gasteiger partial charge in [0.2, 0.25) is 11.8 Å². The second-order valence-electron chi connectivity index (χ2n) is 5.71. The Morgan fingerprint density at radius 2 is 2.08 bits per heavy atom. The largest absolute Gasteiger partial charge is 0.486 e. The van der Waals surface area contributed by atoms with E-state index in [1.54, 1.807) is 12.1 Å². The Morgan fingerprint density at radius 1 is 1.24 bits per heavy atom. The summed E-state index contributed by atoms with van der Waals surface area (Å²) in [5.41, 5.74) is 0.843. The van der Waals surface area contributed by atoms with Gasteiger partial charge in [0.15, 0.2) is 11.6 Å². The summed E-state index contributed by atoms with van der Waals surface area (Å²) in [4.78, 5) is 23.1. The minimum atomic E-state index is -0.648. The molecule has 1 aliphatic rings. The molecule has 1 saturated heterocycles. The number of carbonyl (C=O) groups excluding carboxylic acids is 2. The van der Waals surface area contributed by atoms with E-state index in [1.807, 2.05) is 0 Å². The molecular formula is C18H16F2N2O3. The zero-order valence-electron chi connectivity index (χ0n) is 13.2. The Labute approximate surface area is 143 Å². The molecule has 2 N–H and O–H groups in total. The summed E-state index contributed by atoms with van der Waals surface area (Å²) in [7, 11) is 0. The van der Waals surface area contributed by atoms with Crippen molar-refractivity contribution in [3.8, 4) is 5.75 Å². The zero-order chi connectivity index (χ0) is 17.8. The van der Waals surface area contributed by atoms with Crippen LogP contribution in [0.1, 0.15) is 18.4 Å². The minimum Gasteiger partial charge on any atom is -0.486 e. The lowest BCUT2D eigenvalue weighted by molar-refractivity contribution is -0.122. The molecule has 0 saturated carbocycles. The molecule has 130 valence electrons. The van der Waals surface area contributed by atoms with Crippen LogP contribution in [0.25, 0.3) is 0 Å². The molecule has 3 rings (SSSR count). The van der Waals surface area contributed by atoms with Crippen LogP contribution in [0.4, 0.5) is 14.5 Å². The molecule has 7 heteroatoms. The number of benzene rings is 2. The van der Waals surface area contributed by atoms with Crippen LogP contribution in [0.5, 0.6) is 5.75 Å². The molecule has 0 spiro atoms. The minimum absolute atomic E-state index is 0.00331. The second-order valence-corrected chi connectivity index (χ2v) is 5.71. The van der Waals surface area contributed by atoms with Crippen LogP contribution in [-0.4, -0.2) is 17.9 Å². The summed E-state index contributed by atoms with van der Waals surface area (Å²) >= 11 is 0. The van der Waals surface area contributed by atoms with E-state index in [9.17, 15) is 18.4 Å². The van der Waals surface area contributed by atoms with E-state index in [0.29, 0.717) is 18.4 Å². The van der Waals surface area contributed by atoms with Crippen LogP contribution in [0.15, 0.2) is 42.5 Å². The van der Waals surface area contributed by atoms with E-state index in [0.717, 1.165) is 6.07 Å². The highest BCUT2D eigenvalue weighted by Gasteiger charge is 2.27. The number of anilines is 1. The van der Waals surface area contributed by atoms with Gasteiger partial charge >= 0.3 is 0 Å². The smallest absolute Gasteiger partial charge is 0.246 e. The summed E-state index contributed by atoms with van der Waals surface area (Å²) in [5.74, 6) is -1.61. The number of hydrogen-bond donors (Lipinski definition) is 2. The van der Waals surface area contributed by atoms with Gasteiger partial charge in [-0.05, 0) is 36.2 Å². The molecule has 0 bridgehead atoms. The molecule has 2 aromatic rings. The van der Waals surface area contributed by atoms with Crippen molar-refractivity contribution in [1.82, 2.24) is 5.32 Å². The number of carbonyl (C=O) groups is 2. The Balaban J connectivity index is 1.60. The van der Waals surface area contributed by atoms with Crippen molar-refractivity contribution < 1.29 is 23.1 Å². The molecule has 5 nitrogen and oxygen atoms in total. The van der Waals surface area contributed by atoms with Crippen LogP contribution in [0.3, 0.4) is 0 Å². The molecule has 0 aliphatic carbocycles. The van der Waals surface area contributed by atoms with Crippen molar-refractivity contribution >= 4 is 17.5 Å². The molecule has 1 atom stereocenters. The third-order valence-corrected chi connectivity index (χ3v) is 3.79. The van der Waals surface area contributed by atoms with Gasteiger partial charge in [-0.3, -0.25) is 9.59 Å². The molecule has 1 fully saturated rings. The SMILES string of the molecule is O=C1CC[C@@H](C(=O)Nc2ccc(OCc3cccc(F)c3)c(F)c2)N1. The van der Waals surface area contributed by atoms with E-state index in [-0.39, 0.29) is 24.0 Å². The average molecular weight is 346 g/mol. The van der Waals surface area contributed by atoms with Crippen molar-refractivity contribution in [2.24, 2.45) is 0 Å². The Hall–Kier alpha value is -2.96. The van der Waals surface area contributed by atoms with E-state index in [4.69, 9.17) is 4.74 Å². The maximum absolute atomic E-state index is 14.1. The molecule has 2 amide bonds. The van der Waals surface area contributed by atoms with Crippen LogP contribution in [0, 0.1) is 11.6 Å². The van der Waals surface area contributed by atoms with Crippen molar-refractivity contribution in [2.75, 3.05) is 5.32 Å². The highest BCUT2D eigenvalue weighted by molar-refractivity contribution is 5.99. The van der Waals surface area contributed by atoms with Crippen LogP contribution in [-0.2, 0) is 16.2 Å². The monoisotopic (exact) mass is 346 g/mol. The van der Waals surface area contributed by atoms with Crippen LogP contribution < -0.4 is 15.4 Å². The number of rotatable bonds is 5. The number of ether oxygens (including phenoxy) is 1. The molecule has 1 aliphatic heterocycles. The lowest BCUT2D eigenvalue weighted by Crippen LogP contribution is -2.37. The maximum Gasteiger partial charge on any atom is 0.246 e. The van der Waals surface area contributed by atoms with E-state index >= 15 is 0 Å². The van der Waals surface area contributed by atoms with E-state index < -0.39 is 23.6 Å². The normalized spacial score (nSPS) is 16.4. The lowest BCUT2D eigenvalue weighted by Gasteiger charge is -2.12. The van der Waals surface area contributed by atoms with Crippen molar-refractivity contribution in [3.05, 3.63) is 59.7 Å². The van der Waals surface area contributed by atoms with Gasteiger partial charge in [-0.25, -0.2) is 8.78 Å². The maximum atomic E-state index is 14.1. The molecule has 0 aromatic heterocycles. The number of amides is 2. The standard InChI is InChI=1S/C18H16F2N2O3/c19-12-3-1-2-11(8-12)10-25-16-6-4-13(9-14(16)20)21-18(24)15-5-7-17(23)22-15/h1-4,6,8-9,15H,5,7,10H2,(H,21,24)(H,22,23)/t15-/m0/s1. The van der Waals surface area contributed by atoms with Crippen molar-refractivity contribution in [1.29, 1.82) is 0 Å².